The Bertz CT molecular complexity index is 980. The number of benzene rings is 1. The largest absolute Gasteiger partial charge is 0.384 e. The lowest BCUT2D eigenvalue weighted by atomic mass is 10.1. The zero-order valence-electron chi connectivity index (χ0n) is 12.3. The van der Waals surface area contributed by atoms with Gasteiger partial charge in [-0.3, -0.25) is 29.1 Å². The van der Waals surface area contributed by atoms with Crippen molar-refractivity contribution in [1.82, 2.24) is 15.2 Å². The second-order valence-electron chi connectivity index (χ2n) is 5.02. The van der Waals surface area contributed by atoms with Gasteiger partial charge in [-0.25, -0.2) is 4.39 Å². The summed E-state index contributed by atoms with van der Waals surface area (Å²) in [5.41, 5.74) is 4.46. The molecule has 9 heteroatoms. The number of aromatic nitrogens is 1. The first-order valence-corrected chi connectivity index (χ1v) is 6.78. The molecule has 0 unspecified atom stereocenters. The first-order valence-electron chi connectivity index (χ1n) is 6.78. The maximum Gasteiger partial charge on any atom is 0.262 e. The van der Waals surface area contributed by atoms with Gasteiger partial charge in [-0.1, -0.05) is 0 Å². The molecule has 0 saturated carbocycles. The minimum atomic E-state index is -0.818. The molecule has 1 aliphatic rings. The van der Waals surface area contributed by atoms with Gasteiger partial charge in [0.25, 0.3) is 23.3 Å². The van der Waals surface area contributed by atoms with Crippen LogP contribution in [0.2, 0.25) is 0 Å². The molecule has 0 atom stereocenters. The van der Waals surface area contributed by atoms with Crippen molar-refractivity contribution >= 4 is 23.5 Å². The summed E-state index contributed by atoms with van der Waals surface area (Å²) >= 11 is 0. The van der Waals surface area contributed by atoms with E-state index in [-0.39, 0.29) is 28.2 Å². The zero-order chi connectivity index (χ0) is 17.6. The number of amides is 3. The molecule has 24 heavy (non-hydrogen) atoms. The Morgan fingerprint density at radius 2 is 1.92 bits per heavy atom. The number of hydrogen-bond donors (Lipinski definition) is 3. The lowest BCUT2D eigenvalue weighted by molar-refractivity contribution is 0.0878. The van der Waals surface area contributed by atoms with Gasteiger partial charge in [-0.05, 0) is 18.2 Å². The van der Waals surface area contributed by atoms with Crippen molar-refractivity contribution in [3.8, 4) is 5.69 Å². The molecular weight excluding hydrogens is 319 g/mol. The summed E-state index contributed by atoms with van der Waals surface area (Å²) in [5, 5.41) is 4.39. The van der Waals surface area contributed by atoms with Crippen molar-refractivity contribution in [2.45, 2.75) is 0 Å². The average Bonchev–Trinajstić information content (AvgIpc) is 2.82. The van der Waals surface area contributed by atoms with Crippen LogP contribution in [0.5, 0.6) is 0 Å². The number of nitrogen functional groups attached to an aromatic ring is 1. The number of rotatable bonds is 2. The predicted molar refractivity (Wildman–Crippen MR) is 81.6 cm³/mol. The summed E-state index contributed by atoms with van der Waals surface area (Å²) in [6.45, 7) is 0. The van der Waals surface area contributed by atoms with Gasteiger partial charge >= 0.3 is 0 Å². The van der Waals surface area contributed by atoms with E-state index >= 15 is 0 Å². The fourth-order valence-electron chi connectivity index (χ4n) is 2.50. The number of anilines is 1. The minimum absolute atomic E-state index is 0.0984. The molecule has 4 N–H and O–H groups in total. The SMILES string of the molecule is CNC(=O)c1ccc(F)c(-n2c(N)c3c(cc2=O)C(=O)NC3=O)c1. The van der Waals surface area contributed by atoms with Gasteiger partial charge < -0.3 is 11.1 Å². The van der Waals surface area contributed by atoms with Crippen molar-refractivity contribution in [1.29, 1.82) is 0 Å². The van der Waals surface area contributed by atoms with Gasteiger partial charge in [0, 0.05) is 18.7 Å². The summed E-state index contributed by atoms with van der Waals surface area (Å²) < 4.78 is 14.9. The van der Waals surface area contributed by atoms with Crippen LogP contribution in [0.25, 0.3) is 5.69 Å². The van der Waals surface area contributed by atoms with Crippen molar-refractivity contribution in [3.05, 3.63) is 57.1 Å². The molecule has 0 aliphatic carbocycles. The number of hydrogen-bond acceptors (Lipinski definition) is 5. The van der Waals surface area contributed by atoms with Crippen molar-refractivity contribution in [2.24, 2.45) is 0 Å². The Balaban J connectivity index is 2.31. The maximum atomic E-state index is 14.2. The van der Waals surface area contributed by atoms with Gasteiger partial charge in [0.05, 0.1) is 16.8 Å². The van der Waals surface area contributed by atoms with E-state index < -0.39 is 29.1 Å². The number of nitrogens with zero attached hydrogens (tertiary/aromatic N) is 1. The van der Waals surface area contributed by atoms with Gasteiger partial charge in [0.1, 0.15) is 11.6 Å². The highest BCUT2D eigenvalue weighted by Gasteiger charge is 2.32. The second kappa shape index (κ2) is 5.30. The normalized spacial score (nSPS) is 12.8. The van der Waals surface area contributed by atoms with Gasteiger partial charge in [0.2, 0.25) is 0 Å². The van der Waals surface area contributed by atoms with E-state index in [0.717, 1.165) is 22.8 Å². The van der Waals surface area contributed by atoms with Crippen LogP contribution in [0.4, 0.5) is 10.2 Å². The minimum Gasteiger partial charge on any atom is -0.384 e. The summed E-state index contributed by atoms with van der Waals surface area (Å²) in [4.78, 5) is 47.4. The number of pyridine rings is 1. The lowest BCUT2D eigenvalue weighted by Gasteiger charge is -2.13. The Kier molecular flexibility index (Phi) is 3.40. The third-order valence-electron chi connectivity index (χ3n) is 3.63. The fraction of sp³-hybridized carbons (Fsp3) is 0.0667. The van der Waals surface area contributed by atoms with Crippen LogP contribution in [-0.2, 0) is 0 Å². The van der Waals surface area contributed by atoms with Crippen molar-refractivity contribution < 1.29 is 18.8 Å². The number of carbonyl (C=O) groups is 3. The molecule has 0 radical (unpaired) electrons. The van der Waals surface area contributed by atoms with Crippen LogP contribution in [0.1, 0.15) is 31.1 Å². The molecule has 122 valence electrons. The molecule has 3 rings (SSSR count). The highest BCUT2D eigenvalue weighted by molar-refractivity contribution is 6.23. The smallest absolute Gasteiger partial charge is 0.262 e. The molecule has 8 nitrogen and oxygen atoms in total. The number of nitrogens with two attached hydrogens (primary N) is 1. The summed E-state index contributed by atoms with van der Waals surface area (Å²) in [6, 6.07) is 4.28. The standard InChI is InChI=1S/C15H11FN4O4/c1-18-13(22)6-2-3-8(16)9(4-6)20-10(21)5-7-11(12(20)17)15(24)19-14(7)23/h2-5H,17H2,1H3,(H,18,22)(H,19,23,24). The number of fused-ring (bicyclic) bond motifs is 1. The van der Waals surface area contributed by atoms with Gasteiger partial charge in [-0.2, -0.15) is 0 Å². The van der Waals surface area contributed by atoms with Gasteiger partial charge in [-0.15, -0.1) is 0 Å². The number of halogens is 1. The number of carbonyl (C=O) groups excluding carboxylic acids is 3. The van der Waals surface area contributed by atoms with Crippen molar-refractivity contribution in [2.75, 3.05) is 12.8 Å². The lowest BCUT2D eigenvalue weighted by Crippen LogP contribution is -2.25. The monoisotopic (exact) mass is 330 g/mol. The first kappa shape index (κ1) is 15.4. The molecule has 2 aromatic rings. The van der Waals surface area contributed by atoms with Gasteiger partial charge in [0.15, 0.2) is 0 Å². The summed E-state index contributed by atoms with van der Waals surface area (Å²) in [5.74, 6) is -3.21. The van der Waals surface area contributed by atoms with E-state index in [1.807, 2.05) is 5.32 Å². The average molecular weight is 330 g/mol. The third kappa shape index (κ3) is 2.14. The van der Waals surface area contributed by atoms with Crippen LogP contribution in [0.3, 0.4) is 0 Å². The second-order valence-corrected chi connectivity index (χ2v) is 5.02. The topological polar surface area (TPSA) is 123 Å². The van der Waals surface area contributed by atoms with E-state index in [9.17, 15) is 23.6 Å². The number of imide groups is 1. The van der Waals surface area contributed by atoms with Crippen LogP contribution < -0.4 is 21.9 Å². The Labute approximate surface area is 134 Å². The highest BCUT2D eigenvalue weighted by atomic mass is 19.1. The highest BCUT2D eigenvalue weighted by Crippen LogP contribution is 2.24. The Morgan fingerprint density at radius 3 is 2.58 bits per heavy atom. The van der Waals surface area contributed by atoms with Crippen LogP contribution >= 0.6 is 0 Å². The molecule has 2 heterocycles. The van der Waals surface area contributed by atoms with Crippen LogP contribution in [0, 0.1) is 5.82 Å². The molecule has 1 aromatic heterocycles. The first-order chi connectivity index (χ1) is 11.3. The van der Waals surface area contributed by atoms with E-state index in [2.05, 4.69) is 5.32 Å². The predicted octanol–water partition coefficient (Wildman–Crippen LogP) is -0.198. The zero-order valence-corrected chi connectivity index (χ0v) is 12.3. The van der Waals surface area contributed by atoms with E-state index in [1.54, 1.807) is 0 Å². The number of nitrogens with one attached hydrogen (secondary N) is 2. The third-order valence-corrected chi connectivity index (χ3v) is 3.63. The molecule has 0 bridgehead atoms. The van der Waals surface area contributed by atoms with Crippen LogP contribution in [-0.4, -0.2) is 29.3 Å². The molecule has 1 aliphatic heterocycles. The molecule has 3 amide bonds. The van der Waals surface area contributed by atoms with E-state index in [1.165, 1.54) is 13.1 Å². The molecule has 0 saturated heterocycles. The quantitative estimate of drug-likeness (QED) is 0.658. The van der Waals surface area contributed by atoms with E-state index in [4.69, 9.17) is 5.73 Å². The Hall–Kier alpha value is -3.49. The Morgan fingerprint density at radius 1 is 1.21 bits per heavy atom. The fourth-order valence-corrected chi connectivity index (χ4v) is 2.50. The molecule has 0 fully saturated rings. The van der Waals surface area contributed by atoms with E-state index in [0.29, 0.717) is 0 Å². The maximum absolute atomic E-state index is 14.2. The molecule has 0 spiro atoms. The molecule has 1 aromatic carbocycles. The molecular formula is C15H11FN4O4. The summed E-state index contributed by atoms with van der Waals surface area (Å²) in [7, 11) is 1.40. The van der Waals surface area contributed by atoms with Crippen molar-refractivity contribution in [3.63, 3.8) is 0 Å². The summed E-state index contributed by atoms with van der Waals surface area (Å²) in [6.07, 6.45) is 0. The van der Waals surface area contributed by atoms with Crippen LogP contribution in [0.15, 0.2) is 29.1 Å².